The number of hydrogen-bond donors (Lipinski definition) is 3. The van der Waals surface area contributed by atoms with Gasteiger partial charge in [-0.25, -0.2) is 0 Å². The third kappa shape index (κ3) is 2.10. The average molecular weight is 336 g/mol. The molecular weight excluding hydrogens is 316 g/mol. The number of nitrogen functional groups attached to an aromatic ring is 1. The Labute approximate surface area is 145 Å². The molecule has 4 rings (SSSR count). The Morgan fingerprint density at radius 3 is 2.80 bits per heavy atom. The lowest BCUT2D eigenvalue weighted by Gasteiger charge is -2.16. The molecule has 0 fully saturated rings. The highest BCUT2D eigenvalue weighted by molar-refractivity contribution is 6.13. The summed E-state index contributed by atoms with van der Waals surface area (Å²) in [6.07, 6.45) is 0.665. The number of carbonyl (C=O) groups is 1. The van der Waals surface area contributed by atoms with E-state index in [4.69, 9.17) is 5.73 Å². The summed E-state index contributed by atoms with van der Waals surface area (Å²) in [4.78, 5) is 17.2. The Morgan fingerprint density at radius 2 is 2.04 bits per heavy atom. The second-order valence-electron chi connectivity index (χ2n) is 6.58. The Balaban J connectivity index is 2.21. The maximum Gasteiger partial charge on any atom is 0.255 e. The van der Waals surface area contributed by atoms with Crippen molar-refractivity contribution >= 4 is 22.6 Å². The highest BCUT2D eigenvalue weighted by Gasteiger charge is 2.28. The van der Waals surface area contributed by atoms with Crippen molar-refractivity contribution in [1.29, 1.82) is 0 Å². The minimum Gasteiger partial charge on any atom is -0.508 e. The van der Waals surface area contributed by atoms with Crippen LogP contribution in [0.5, 0.6) is 5.75 Å². The van der Waals surface area contributed by atoms with Crippen LogP contribution in [0, 0.1) is 20.8 Å². The molecule has 0 saturated carbocycles. The van der Waals surface area contributed by atoms with Crippen LogP contribution in [0.2, 0.25) is 0 Å². The van der Waals surface area contributed by atoms with Gasteiger partial charge in [0.1, 0.15) is 11.6 Å². The van der Waals surface area contributed by atoms with Crippen molar-refractivity contribution in [3.8, 4) is 11.4 Å². The number of aromatic hydroxyl groups is 1. The van der Waals surface area contributed by atoms with Gasteiger partial charge >= 0.3 is 0 Å². The molecule has 0 saturated heterocycles. The van der Waals surface area contributed by atoms with Gasteiger partial charge in [0.2, 0.25) is 0 Å². The van der Waals surface area contributed by atoms with Gasteiger partial charge in [-0.05, 0) is 38.5 Å². The van der Waals surface area contributed by atoms with Gasteiger partial charge in [-0.1, -0.05) is 6.07 Å². The number of carbonyl (C=O) groups excluding carboxylic acids is 1. The third-order valence-corrected chi connectivity index (χ3v) is 4.89. The molecule has 0 spiro atoms. The van der Waals surface area contributed by atoms with E-state index in [1.165, 1.54) is 0 Å². The van der Waals surface area contributed by atoms with Crippen molar-refractivity contribution in [2.45, 2.75) is 27.2 Å². The highest BCUT2D eigenvalue weighted by Crippen LogP contribution is 2.38. The van der Waals surface area contributed by atoms with Crippen molar-refractivity contribution in [3.05, 3.63) is 46.3 Å². The zero-order valence-electron chi connectivity index (χ0n) is 14.5. The Morgan fingerprint density at radius 1 is 1.28 bits per heavy atom. The van der Waals surface area contributed by atoms with Crippen LogP contribution in [0.4, 0.5) is 5.82 Å². The fraction of sp³-hybridized carbons (Fsp3) is 0.263. The number of pyridine rings is 1. The molecule has 25 heavy (non-hydrogen) atoms. The number of benzene rings is 1. The molecule has 0 unspecified atom stereocenters. The van der Waals surface area contributed by atoms with Crippen LogP contribution >= 0.6 is 0 Å². The quantitative estimate of drug-likeness (QED) is 0.636. The number of hydrogen-bond acceptors (Lipinski definition) is 4. The van der Waals surface area contributed by atoms with Crippen molar-refractivity contribution in [2.75, 3.05) is 12.3 Å². The Kier molecular flexibility index (Phi) is 3.25. The molecule has 0 radical (unpaired) electrons. The highest BCUT2D eigenvalue weighted by atomic mass is 16.3. The van der Waals surface area contributed by atoms with E-state index in [1.807, 2.05) is 37.5 Å². The number of nitrogens with one attached hydrogen (secondary N) is 1. The number of phenols is 1. The van der Waals surface area contributed by atoms with E-state index >= 15 is 0 Å². The normalized spacial score (nSPS) is 13.8. The summed E-state index contributed by atoms with van der Waals surface area (Å²) >= 11 is 0. The van der Waals surface area contributed by atoms with Gasteiger partial charge < -0.3 is 16.2 Å². The molecule has 2 aromatic heterocycles. The number of phenolic OH excluding ortho intramolecular Hbond substituents is 1. The van der Waals surface area contributed by atoms with Gasteiger partial charge in [0.25, 0.3) is 5.91 Å². The van der Waals surface area contributed by atoms with Crippen LogP contribution in [-0.2, 0) is 6.42 Å². The fourth-order valence-corrected chi connectivity index (χ4v) is 3.74. The number of anilines is 1. The van der Waals surface area contributed by atoms with E-state index in [-0.39, 0.29) is 11.7 Å². The first-order chi connectivity index (χ1) is 11.9. The van der Waals surface area contributed by atoms with Crippen LogP contribution in [0.15, 0.2) is 18.2 Å². The van der Waals surface area contributed by atoms with Crippen LogP contribution in [0.1, 0.15) is 32.9 Å². The standard InChI is InChI=1S/C19H20N4O2/c1-9-4-5-14(24)11(3)17(9)23-13-8-10(2)22-12-6-7-21-19(25)16(15(12)13)18(23)20/h4-5,8,24H,6-7,20H2,1-3H3,(H,21,25). The maximum absolute atomic E-state index is 12.6. The van der Waals surface area contributed by atoms with Gasteiger partial charge in [-0.2, -0.15) is 0 Å². The summed E-state index contributed by atoms with van der Waals surface area (Å²) in [6, 6.07) is 5.47. The monoisotopic (exact) mass is 336 g/mol. The second-order valence-corrected chi connectivity index (χ2v) is 6.58. The first kappa shape index (κ1) is 15.5. The number of nitrogens with zero attached hydrogens (tertiary/aromatic N) is 2. The van der Waals surface area contributed by atoms with E-state index in [0.717, 1.165) is 39.1 Å². The summed E-state index contributed by atoms with van der Waals surface area (Å²) in [5.41, 5.74) is 12.0. The van der Waals surface area contributed by atoms with E-state index in [0.29, 0.717) is 24.3 Å². The van der Waals surface area contributed by atoms with E-state index in [1.54, 1.807) is 6.07 Å². The number of aromatic nitrogens is 2. The maximum atomic E-state index is 12.6. The smallest absolute Gasteiger partial charge is 0.255 e. The zero-order valence-corrected chi connectivity index (χ0v) is 14.5. The predicted molar refractivity (Wildman–Crippen MR) is 97.4 cm³/mol. The summed E-state index contributed by atoms with van der Waals surface area (Å²) < 4.78 is 1.87. The molecule has 0 aliphatic carbocycles. The van der Waals surface area contributed by atoms with Crippen molar-refractivity contribution < 1.29 is 9.90 Å². The number of nitrogens with two attached hydrogens (primary N) is 1. The molecule has 1 aliphatic rings. The van der Waals surface area contributed by atoms with E-state index in [9.17, 15) is 9.90 Å². The third-order valence-electron chi connectivity index (χ3n) is 4.89. The van der Waals surface area contributed by atoms with Crippen LogP contribution in [-0.4, -0.2) is 27.1 Å². The Bertz CT molecular complexity index is 1050. The number of aryl methyl sites for hydroxylation is 2. The fourth-order valence-electron chi connectivity index (χ4n) is 3.74. The molecule has 3 heterocycles. The lowest BCUT2D eigenvalue weighted by molar-refractivity contribution is 0.0958. The lowest BCUT2D eigenvalue weighted by Crippen LogP contribution is -2.24. The molecule has 1 aromatic carbocycles. The molecule has 0 atom stereocenters. The molecule has 3 aromatic rings. The first-order valence-electron chi connectivity index (χ1n) is 8.28. The van der Waals surface area contributed by atoms with Gasteiger partial charge in [0, 0.05) is 29.6 Å². The lowest BCUT2D eigenvalue weighted by atomic mass is 10.1. The van der Waals surface area contributed by atoms with Crippen LogP contribution < -0.4 is 11.1 Å². The predicted octanol–water partition coefficient (Wildman–Crippen LogP) is 2.52. The minimum atomic E-state index is -0.180. The minimum absolute atomic E-state index is 0.180. The topological polar surface area (TPSA) is 93.2 Å². The molecule has 0 bridgehead atoms. The van der Waals surface area contributed by atoms with Gasteiger partial charge in [-0.3, -0.25) is 14.3 Å². The summed E-state index contributed by atoms with van der Waals surface area (Å²) in [7, 11) is 0. The summed E-state index contributed by atoms with van der Waals surface area (Å²) in [5.74, 6) is 0.395. The zero-order chi connectivity index (χ0) is 17.9. The van der Waals surface area contributed by atoms with Crippen molar-refractivity contribution in [1.82, 2.24) is 14.9 Å². The molecule has 6 heteroatoms. The molecular formula is C19H20N4O2. The van der Waals surface area contributed by atoms with Crippen molar-refractivity contribution in [3.63, 3.8) is 0 Å². The van der Waals surface area contributed by atoms with Gasteiger partial charge in [-0.15, -0.1) is 0 Å². The van der Waals surface area contributed by atoms with E-state index < -0.39 is 0 Å². The van der Waals surface area contributed by atoms with Crippen LogP contribution in [0.25, 0.3) is 16.6 Å². The van der Waals surface area contributed by atoms with E-state index in [2.05, 4.69) is 10.3 Å². The Hall–Kier alpha value is -3.02. The summed E-state index contributed by atoms with van der Waals surface area (Å²) in [6.45, 7) is 6.30. The summed E-state index contributed by atoms with van der Waals surface area (Å²) in [5, 5.41) is 13.9. The van der Waals surface area contributed by atoms with Crippen molar-refractivity contribution in [2.24, 2.45) is 0 Å². The number of rotatable bonds is 1. The molecule has 4 N–H and O–H groups in total. The number of amides is 1. The largest absolute Gasteiger partial charge is 0.508 e. The average Bonchev–Trinajstić information content (AvgIpc) is 2.73. The van der Waals surface area contributed by atoms with Crippen LogP contribution in [0.3, 0.4) is 0 Å². The van der Waals surface area contributed by atoms with Gasteiger partial charge in [0.05, 0.1) is 22.5 Å². The van der Waals surface area contributed by atoms with Gasteiger partial charge in [0.15, 0.2) is 0 Å². The molecule has 1 amide bonds. The first-order valence-corrected chi connectivity index (χ1v) is 8.28. The molecule has 6 nitrogen and oxygen atoms in total. The second kappa shape index (κ2) is 5.24. The SMILES string of the molecule is Cc1cc2c3c(n1)CCNC(=O)c3c(N)n2-c1c(C)ccc(O)c1C. The molecule has 128 valence electrons. The molecule has 1 aliphatic heterocycles.